The monoisotopic (exact) mass is 295 g/mol. The fraction of sp³-hybridized carbons (Fsp3) is 0.417. The summed E-state index contributed by atoms with van der Waals surface area (Å²) in [6, 6.07) is 6.75. The van der Waals surface area contributed by atoms with E-state index in [1.54, 1.807) is 0 Å². The van der Waals surface area contributed by atoms with E-state index in [4.69, 9.17) is 5.26 Å². The predicted octanol–water partition coefficient (Wildman–Crippen LogP) is 1.57. The average Bonchev–Trinajstić information content (AvgIpc) is 2.85. The minimum atomic E-state index is -4.01. The summed E-state index contributed by atoms with van der Waals surface area (Å²) in [6.07, 6.45) is 1.97. The first-order valence-corrected chi connectivity index (χ1v) is 7.59. The molecule has 0 amide bonds. The van der Waals surface area contributed by atoms with E-state index < -0.39 is 26.7 Å². The summed E-state index contributed by atoms with van der Waals surface area (Å²) >= 11 is 0. The largest absolute Gasteiger partial charge is 0.289 e. The number of nitro groups is 1. The summed E-state index contributed by atoms with van der Waals surface area (Å²) in [5.74, 6) is -0.382. The number of hydrogen-bond donors (Lipinski definition) is 1. The summed E-state index contributed by atoms with van der Waals surface area (Å²) in [5, 5.41) is 19.8. The maximum Gasteiger partial charge on any atom is 0.289 e. The highest BCUT2D eigenvalue weighted by atomic mass is 32.2. The fourth-order valence-electron chi connectivity index (χ4n) is 2.35. The van der Waals surface area contributed by atoms with E-state index in [2.05, 4.69) is 10.8 Å². The number of rotatable bonds is 4. The quantitative estimate of drug-likeness (QED) is 0.669. The first-order chi connectivity index (χ1) is 9.45. The van der Waals surface area contributed by atoms with Gasteiger partial charge in [-0.05, 0) is 18.9 Å². The van der Waals surface area contributed by atoms with Crippen LogP contribution in [0, 0.1) is 27.4 Å². The minimum absolute atomic E-state index is 0.367. The molecule has 0 bridgehead atoms. The van der Waals surface area contributed by atoms with Crippen LogP contribution in [0.15, 0.2) is 29.2 Å². The lowest BCUT2D eigenvalue weighted by molar-refractivity contribution is -0.387. The van der Waals surface area contributed by atoms with E-state index in [0.717, 1.165) is 12.5 Å². The molecule has 2 unspecified atom stereocenters. The van der Waals surface area contributed by atoms with Gasteiger partial charge in [0, 0.05) is 12.1 Å². The van der Waals surface area contributed by atoms with Crippen LogP contribution in [0.4, 0.5) is 5.69 Å². The molecule has 1 aromatic carbocycles. The zero-order valence-electron chi connectivity index (χ0n) is 10.5. The Labute approximate surface area is 116 Å². The molecule has 0 radical (unpaired) electrons. The van der Waals surface area contributed by atoms with Gasteiger partial charge in [-0.1, -0.05) is 18.6 Å². The predicted molar refractivity (Wildman–Crippen MR) is 70.2 cm³/mol. The molecule has 1 aliphatic carbocycles. The van der Waals surface area contributed by atoms with Crippen LogP contribution in [0.25, 0.3) is 0 Å². The number of nitriles is 1. The van der Waals surface area contributed by atoms with Gasteiger partial charge in [-0.2, -0.15) is 5.26 Å². The highest BCUT2D eigenvalue weighted by Gasteiger charge is 2.33. The van der Waals surface area contributed by atoms with Crippen LogP contribution in [0.3, 0.4) is 0 Å². The number of nitrogens with one attached hydrogen (secondary N) is 1. The molecule has 1 aliphatic rings. The second-order valence-electron chi connectivity index (χ2n) is 4.62. The third-order valence-electron chi connectivity index (χ3n) is 3.34. The van der Waals surface area contributed by atoms with Crippen molar-refractivity contribution in [1.82, 2.24) is 4.72 Å². The molecule has 8 heteroatoms. The van der Waals surface area contributed by atoms with Gasteiger partial charge in [-0.3, -0.25) is 10.1 Å². The highest BCUT2D eigenvalue weighted by molar-refractivity contribution is 7.89. The summed E-state index contributed by atoms with van der Waals surface area (Å²) in [4.78, 5) is 9.79. The molecule has 1 N–H and O–H groups in total. The molecule has 7 nitrogen and oxygen atoms in total. The molecule has 0 heterocycles. The lowest BCUT2D eigenvalue weighted by atomic mass is 10.1. The third kappa shape index (κ3) is 2.79. The number of sulfonamides is 1. The Morgan fingerprint density at radius 2 is 2.05 bits per heavy atom. The van der Waals surface area contributed by atoms with Crippen LogP contribution in [0.5, 0.6) is 0 Å². The van der Waals surface area contributed by atoms with E-state index in [9.17, 15) is 18.5 Å². The molecule has 1 saturated carbocycles. The number of nitrogens with zero attached hydrogens (tertiary/aromatic N) is 2. The highest BCUT2D eigenvalue weighted by Crippen LogP contribution is 2.28. The number of para-hydroxylation sites is 1. The number of hydrogen-bond acceptors (Lipinski definition) is 5. The molecule has 20 heavy (non-hydrogen) atoms. The van der Waals surface area contributed by atoms with Crippen molar-refractivity contribution in [3.05, 3.63) is 34.4 Å². The van der Waals surface area contributed by atoms with E-state index in [0.29, 0.717) is 12.8 Å². The Morgan fingerprint density at radius 3 is 2.70 bits per heavy atom. The molecule has 2 rings (SSSR count). The van der Waals surface area contributed by atoms with Crippen molar-refractivity contribution in [3.8, 4) is 6.07 Å². The summed E-state index contributed by atoms with van der Waals surface area (Å²) < 4.78 is 26.9. The average molecular weight is 295 g/mol. The molecule has 2 atom stereocenters. The van der Waals surface area contributed by atoms with E-state index in [1.807, 2.05) is 0 Å². The van der Waals surface area contributed by atoms with Gasteiger partial charge in [0.25, 0.3) is 5.69 Å². The third-order valence-corrected chi connectivity index (χ3v) is 4.88. The Kier molecular flexibility index (Phi) is 4.01. The Bertz CT molecular complexity index is 666. The molecular weight excluding hydrogens is 282 g/mol. The first-order valence-electron chi connectivity index (χ1n) is 6.11. The lowest BCUT2D eigenvalue weighted by Crippen LogP contribution is -2.37. The topological polar surface area (TPSA) is 113 Å². The van der Waals surface area contributed by atoms with E-state index in [1.165, 1.54) is 18.2 Å². The molecular formula is C12H13N3O4S. The Balaban J connectivity index is 2.32. The minimum Gasteiger partial charge on any atom is -0.258 e. The van der Waals surface area contributed by atoms with Crippen LogP contribution in [-0.4, -0.2) is 19.4 Å². The van der Waals surface area contributed by atoms with Crippen LogP contribution in [0.1, 0.15) is 19.3 Å². The second kappa shape index (κ2) is 5.56. The molecule has 0 spiro atoms. The van der Waals surface area contributed by atoms with Crippen LogP contribution >= 0.6 is 0 Å². The van der Waals surface area contributed by atoms with Crippen LogP contribution in [0.2, 0.25) is 0 Å². The lowest BCUT2D eigenvalue weighted by Gasteiger charge is -2.15. The van der Waals surface area contributed by atoms with Gasteiger partial charge in [0.2, 0.25) is 10.0 Å². The molecule has 1 aromatic rings. The van der Waals surface area contributed by atoms with Gasteiger partial charge in [0.1, 0.15) is 0 Å². The molecule has 0 saturated heterocycles. The van der Waals surface area contributed by atoms with Gasteiger partial charge in [-0.15, -0.1) is 0 Å². The zero-order chi connectivity index (χ0) is 14.8. The van der Waals surface area contributed by atoms with Crippen molar-refractivity contribution >= 4 is 15.7 Å². The number of benzene rings is 1. The van der Waals surface area contributed by atoms with Gasteiger partial charge in [0.15, 0.2) is 4.90 Å². The summed E-state index contributed by atoms with van der Waals surface area (Å²) in [5.41, 5.74) is -0.466. The number of nitro benzene ring substituents is 1. The van der Waals surface area contributed by atoms with Crippen LogP contribution in [-0.2, 0) is 10.0 Å². The second-order valence-corrected chi connectivity index (χ2v) is 6.30. The van der Waals surface area contributed by atoms with Crippen molar-refractivity contribution < 1.29 is 13.3 Å². The van der Waals surface area contributed by atoms with Crippen molar-refractivity contribution in [3.63, 3.8) is 0 Å². The first kappa shape index (κ1) is 14.4. The van der Waals surface area contributed by atoms with E-state index >= 15 is 0 Å². The van der Waals surface area contributed by atoms with Gasteiger partial charge >= 0.3 is 0 Å². The van der Waals surface area contributed by atoms with Crippen LogP contribution < -0.4 is 4.72 Å². The standard InChI is InChI=1S/C12H13N3O4S/c13-8-9-4-3-5-10(9)14-20(18,19)12-7-2-1-6-11(12)15(16)17/h1-2,6-7,9-10,14H,3-5H2. The smallest absolute Gasteiger partial charge is 0.258 e. The Morgan fingerprint density at radius 1 is 1.35 bits per heavy atom. The SMILES string of the molecule is N#CC1CCCC1NS(=O)(=O)c1ccccc1[N+](=O)[O-]. The van der Waals surface area contributed by atoms with Crippen molar-refractivity contribution in [1.29, 1.82) is 5.26 Å². The molecule has 0 aliphatic heterocycles. The normalized spacial score (nSPS) is 22.4. The van der Waals surface area contributed by atoms with Crippen molar-refractivity contribution in [2.45, 2.75) is 30.2 Å². The van der Waals surface area contributed by atoms with E-state index in [-0.39, 0.29) is 10.8 Å². The maximum absolute atomic E-state index is 12.2. The van der Waals surface area contributed by atoms with Crippen molar-refractivity contribution in [2.75, 3.05) is 0 Å². The Hall–Kier alpha value is -1.98. The molecule has 0 aromatic heterocycles. The zero-order valence-corrected chi connectivity index (χ0v) is 11.3. The molecule has 106 valence electrons. The van der Waals surface area contributed by atoms with Gasteiger partial charge < -0.3 is 0 Å². The van der Waals surface area contributed by atoms with Gasteiger partial charge in [-0.25, -0.2) is 13.1 Å². The summed E-state index contributed by atoms with van der Waals surface area (Å²) in [6.45, 7) is 0. The molecule has 1 fully saturated rings. The summed E-state index contributed by atoms with van der Waals surface area (Å²) in [7, 11) is -4.01. The van der Waals surface area contributed by atoms with Gasteiger partial charge in [0.05, 0.1) is 16.9 Å². The maximum atomic E-state index is 12.2. The van der Waals surface area contributed by atoms with Crippen molar-refractivity contribution in [2.24, 2.45) is 5.92 Å². The fourth-order valence-corrected chi connectivity index (χ4v) is 3.84.